The summed E-state index contributed by atoms with van der Waals surface area (Å²) in [5, 5.41) is 0. The molecule has 13 heavy (non-hydrogen) atoms. The summed E-state index contributed by atoms with van der Waals surface area (Å²) in [6.45, 7) is 1.39. The third-order valence-corrected chi connectivity index (χ3v) is 1.87. The Morgan fingerprint density at radius 1 is 1.54 bits per heavy atom. The Morgan fingerprint density at radius 3 is 3.00 bits per heavy atom. The molecule has 0 aliphatic heterocycles. The van der Waals surface area contributed by atoms with E-state index in [1.807, 2.05) is 0 Å². The van der Waals surface area contributed by atoms with Crippen molar-refractivity contribution in [1.82, 2.24) is 9.97 Å². The van der Waals surface area contributed by atoms with E-state index in [2.05, 4.69) is 9.97 Å². The molecule has 0 unspecified atom stereocenters. The molecule has 0 amide bonds. The molecular formula is C9H7FN2O. The molecule has 1 N–H and O–H groups in total. The van der Waals surface area contributed by atoms with E-state index in [9.17, 15) is 9.18 Å². The number of nitrogens with one attached hydrogen (secondary N) is 1. The third kappa shape index (κ3) is 1.20. The summed E-state index contributed by atoms with van der Waals surface area (Å²) in [5.41, 5.74) is 1.38. The largest absolute Gasteiger partial charge is 0.344 e. The lowest BCUT2D eigenvalue weighted by atomic mass is 10.1. The molecule has 0 atom stereocenters. The average Bonchev–Trinajstić information content (AvgIpc) is 2.49. The molecule has 0 fully saturated rings. The first-order valence-corrected chi connectivity index (χ1v) is 3.82. The van der Waals surface area contributed by atoms with Crippen molar-refractivity contribution >= 4 is 16.8 Å². The normalized spacial score (nSPS) is 10.6. The number of hydrogen-bond acceptors (Lipinski definition) is 2. The minimum Gasteiger partial charge on any atom is -0.344 e. The number of carbonyl (C=O) groups excluding carboxylic acids is 1. The van der Waals surface area contributed by atoms with Gasteiger partial charge in [0.25, 0.3) is 0 Å². The van der Waals surface area contributed by atoms with Gasteiger partial charge in [-0.3, -0.25) is 4.79 Å². The Bertz CT molecular complexity index is 475. The quantitative estimate of drug-likeness (QED) is 0.678. The van der Waals surface area contributed by atoms with E-state index in [-0.39, 0.29) is 5.78 Å². The summed E-state index contributed by atoms with van der Waals surface area (Å²) < 4.78 is 12.9. The Hall–Kier alpha value is -1.71. The number of imidazole rings is 1. The number of Topliss-reactive ketones (excluding diaryl/α,β-unsaturated/α-hetero) is 1. The predicted octanol–water partition coefficient (Wildman–Crippen LogP) is 1.90. The van der Waals surface area contributed by atoms with Crippen molar-refractivity contribution in [3.8, 4) is 0 Å². The van der Waals surface area contributed by atoms with Gasteiger partial charge in [0.05, 0.1) is 17.4 Å². The van der Waals surface area contributed by atoms with Crippen molar-refractivity contribution in [2.24, 2.45) is 0 Å². The average molecular weight is 178 g/mol. The number of aromatic nitrogens is 2. The van der Waals surface area contributed by atoms with E-state index in [4.69, 9.17) is 0 Å². The highest BCUT2D eigenvalue weighted by Crippen LogP contribution is 2.17. The number of H-pyrrole nitrogens is 1. The standard InChI is InChI=1S/C9H7FN2O/c1-5(13)7-2-6(10)3-8-9(7)12-4-11-8/h2-4H,1H3,(H,11,12). The first kappa shape index (κ1) is 7.91. The van der Waals surface area contributed by atoms with Crippen LogP contribution in [0.25, 0.3) is 11.0 Å². The van der Waals surface area contributed by atoms with Crippen molar-refractivity contribution in [2.75, 3.05) is 0 Å². The van der Waals surface area contributed by atoms with Gasteiger partial charge in [-0.15, -0.1) is 0 Å². The van der Waals surface area contributed by atoms with E-state index in [0.717, 1.165) is 0 Å². The van der Waals surface area contributed by atoms with Gasteiger partial charge in [0.1, 0.15) is 5.82 Å². The minimum absolute atomic E-state index is 0.184. The molecule has 0 aliphatic rings. The Morgan fingerprint density at radius 2 is 2.31 bits per heavy atom. The third-order valence-electron chi connectivity index (χ3n) is 1.87. The van der Waals surface area contributed by atoms with Crippen LogP contribution in [-0.2, 0) is 0 Å². The van der Waals surface area contributed by atoms with Gasteiger partial charge in [-0.25, -0.2) is 9.37 Å². The monoisotopic (exact) mass is 178 g/mol. The van der Waals surface area contributed by atoms with E-state index >= 15 is 0 Å². The van der Waals surface area contributed by atoms with E-state index < -0.39 is 5.82 Å². The maximum atomic E-state index is 12.9. The summed E-state index contributed by atoms with van der Waals surface area (Å²) >= 11 is 0. The summed E-state index contributed by atoms with van der Waals surface area (Å²) in [6.07, 6.45) is 1.44. The first-order valence-electron chi connectivity index (χ1n) is 3.82. The topological polar surface area (TPSA) is 45.8 Å². The Kier molecular flexibility index (Phi) is 1.62. The second-order valence-electron chi connectivity index (χ2n) is 2.81. The van der Waals surface area contributed by atoms with Crippen molar-refractivity contribution in [3.63, 3.8) is 0 Å². The molecule has 0 aliphatic carbocycles. The van der Waals surface area contributed by atoms with Gasteiger partial charge >= 0.3 is 0 Å². The van der Waals surface area contributed by atoms with Gasteiger partial charge in [0.15, 0.2) is 5.78 Å². The number of ketones is 1. The number of fused-ring (bicyclic) bond motifs is 1. The molecule has 66 valence electrons. The van der Waals surface area contributed by atoms with Crippen LogP contribution in [0.15, 0.2) is 18.5 Å². The maximum absolute atomic E-state index is 12.9. The van der Waals surface area contributed by atoms with Crippen LogP contribution in [0.4, 0.5) is 4.39 Å². The fourth-order valence-electron chi connectivity index (χ4n) is 1.28. The molecule has 0 saturated heterocycles. The first-order chi connectivity index (χ1) is 6.18. The molecule has 1 aromatic heterocycles. The van der Waals surface area contributed by atoms with Gasteiger partial charge in [-0.05, 0) is 19.1 Å². The lowest BCUT2D eigenvalue weighted by Gasteiger charge is -1.96. The van der Waals surface area contributed by atoms with Gasteiger partial charge < -0.3 is 4.98 Å². The summed E-state index contributed by atoms with van der Waals surface area (Å²) in [6, 6.07) is 2.51. The van der Waals surface area contributed by atoms with Gasteiger partial charge in [-0.2, -0.15) is 0 Å². The van der Waals surface area contributed by atoms with Crippen LogP contribution in [0.5, 0.6) is 0 Å². The van der Waals surface area contributed by atoms with Gasteiger partial charge in [-0.1, -0.05) is 0 Å². The van der Waals surface area contributed by atoms with Crippen LogP contribution in [-0.4, -0.2) is 15.8 Å². The Balaban J connectivity index is 2.84. The molecule has 2 aromatic rings. The molecule has 0 bridgehead atoms. The van der Waals surface area contributed by atoms with Gasteiger partial charge in [0, 0.05) is 5.56 Å². The molecule has 4 heteroatoms. The highest BCUT2D eigenvalue weighted by molar-refractivity contribution is 6.04. The van der Waals surface area contributed by atoms with Crippen LogP contribution in [0, 0.1) is 5.82 Å². The zero-order valence-electron chi connectivity index (χ0n) is 6.97. The molecule has 3 nitrogen and oxygen atoms in total. The van der Waals surface area contributed by atoms with Crippen molar-refractivity contribution < 1.29 is 9.18 Å². The molecular weight excluding hydrogens is 171 g/mol. The van der Waals surface area contributed by atoms with Crippen molar-refractivity contribution in [1.29, 1.82) is 0 Å². The van der Waals surface area contributed by atoms with Crippen molar-refractivity contribution in [3.05, 3.63) is 29.8 Å². The molecule has 0 radical (unpaired) electrons. The smallest absolute Gasteiger partial charge is 0.162 e. The number of benzene rings is 1. The fourth-order valence-corrected chi connectivity index (χ4v) is 1.28. The zero-order valence-corrected chi connectivity index (χ0v) is 6.97. The second kappa shape index (κ2) is 2.65. The van der Waals surface area contributed by atoms with Crippen LogP contribution in [0.1, 0.15) is 17.3 Å². The number of rotatable bonds is 1. The maximum Gasteiger partial charge on any atom is 0.162 e. The zero-order chi connectivity index (χ0) is 9.42. The van der Waals surface area contributed by atoms with Crippen molar-refractivity contribution in [2.45, 2.75) is 6.92 Å². The molecule has 1 aromatic carbocycles. The second-order valence-corrected chi connectivity index (χ2v) is 2.81. The van der Waals surface area contributed by atoms with E-state index in [0.29, 0.717) is 16.6 Å². The van der Waals surface area contributed by atoms with Crippen LogP contribution < -0.4 is 0 Å². The van der Waals surface area contributed by atoms with Crippen LogP contribution in [0.3, 0.4) is 0 Å². The summed E-state index contributed by atoms with van der Waals surface area (Å²) in [7, 11) is 0. The van der Waals surface area contributed by atoms with Crippen LogP contribution >= 0.6 is 0 Å². The minimum atomic E-state index is -0.429. The molecule has 2 rings (SSSR count). The number of nitrogens with zero attached hydrogens (tertiary/aromatic N) is 1. The highest BCUT2D eigenvalue weighted by Gasteiger charge is 2.09. The molecule has 0 saturated carbocycles. The lowest BCUT2D eigenvalue weighted by molar-refractivity contribution is 0.101. The number of hydrogen-bond donors (Lipinski definition) is 1. The van der Waals surface area contributed by atoms with E-state index in [1.165, 1.54) is 25.4 Å². The number of carbonyl (C=O) groups is 1. The Labute approximate surface area is 73.6 Å². The molecule has 1 heterocycles. The van der Waals surface area contributed by atoms with Gasteiger partial charge in [0.2, 0.25) is 0 Å². The number of aromatic amines is 1. The summed E-state index contributed by atoms with van der Waals surface area (Å²) in [4.78, 5) is 17.8. The van der Waals surface area contributed by atoms with Crippen LogP contribution in [0.2, 0.25) is 0 Å². The summed E-state index contributed by atoms with van der Waals surface area (Å²) in [5.74, 6) is -0.612. The SMILES string of the molecule is CC(=O)c1cc(F)cc2[nH]cnc12. The predicted molar refractivity (Wildman–Crippen MR) is 46.1 cm³/mol. The fraction of sp³-hybridized carbons (Fsp3) is 0.111. The van der Waals surface area contributed by atoms with E-state index in [1.54, 1.807) is 0 Å². The molecule has 0 spiro atoms. The lowest BCUT2D eigenvalue weighted by Crippen LogP contribution is -1.94. The number of halogens is 1. The highest BCUT2D eigenvalue weighted by atomic mass is 19.1.